The molecular weight excluding hydrogens is 202 g/mol. The summed E-state index contributed by atoms with van der Waals surface area (Å²) in [5.41, 5.74) is 1.78. The molecule has 2 aromatic rings. The zero-order valence-electron chi connectivity index (χ0n) is 9.31. The number of nitrogens with zero attached hydrogens (tertiary/aromatic N) is 2. The molecule has 1 fully saturated rings. The van der Waals surface area contributed by atoms with Gasteiger partial charge in [0, 0.05) is 19.6 Å². The normalized spacial score (nSPS) is 20.4. The van der Waals surface area contributed by atoms with Crippen LogP contribution in [0.4, 0.5) is 6.01 Å². The molecular formula is C12H15N3O. The Kier molecular flexibility index (Phi) is 2.29. The van der Waals surface area contributed by atoms with Crippen molar-refractivity contribution in [3.63, 3.8) is 0 Å². The van der Waals surface area contributed by atoms with Gasteiger partial charge in [0.1, 0.15) is 5.52 Å². The first kappa shape index (κ1) is 9.66. The summed E-state index contributed by atoms with van der Waals surface area (Å²) < 4.78 is 5.73. The fraction of sp³-hybridized carbons (Fsp3) is 0.417. The molecule has 16 heavy (non-hydrogen) atoms. The number of hydrogen-bond donors (Lipinski definition) is 1. The van der Waals surface area contributed by atoms with Gasteiger partial charge in [0.2, 0.25) is 0 Å². The van der Waals surface area contributed by atoms with Gasteiger partial charge in [0.05, 0.1) is 0 Å². The molecule has 1 atom stereocenters. The zero-order chi connectivity index (χ0) is 11.0. The first-order chi connectivity index (χ1) is 7.84. The first-order valence-corrected chi connectivity index (χ1v) is 5.64. The van der Waals surface area contributed by atoms with Crippen LogP contribution in [0.5, 0.6) is 0 Å². The third kappa shape index (κ3) is 1.55. The summed E-state index contributed by atoms with van der Waals surface area (Å²) in [5, 5.41) is 3.35. The fourth-order valence-corrected chi connectivity index (χ4v) is 2.14. The second-order valence-electron chi connectivity index (χ2n) is 4.22. The van der Waals surface area contributed by atoms with Gasteiger partial charge in [-0.3, -0.25) is 0 Å². The van der Waals surface area contributed by atoms with Crippen molar-refractivity contribution in [3.05, 3.63) is 24.3 Å². The highest BCUT2D eigenvalue weighted by Gasteiger charge is 2.22. The molecule has 4 heteroatoms. The number of oxazole rings is 1. The SMILES string of the molecule is CN(c1nc2ccccc2o1)[C@@H]1CCNC1. The van der Waals surface area contributed by atoms with Crippen molar-refractivity contribution in [1.29, 1.82) is 0 Å². The highest BCUT2D eigenvalue weighted by molar-refractivity contribution is 5.74. The number of aromatic nitrogens is 1. The summed E-state index contributed by atoms with van der Waals surface area (Å²) in [6.07, 6.45) is 1.15. The van der Waals surface area contributed by atoms with Crippen LogP contribution >= 0.6 is 0 Å². The lowest BCUT2D eigenvalue weighted by atomic mass is 10.2. The first-order valence-electron chi connectivity index (χ1n) is 5.64. The van der Waals surface area contributed by atoms with Gasteiger partial charge in [0.15, 0.2) is 5.58 Å². The summed E-state index contributed by atoms with van der Waals surface area (Å²) in [6.45, 7) is 2.09. The standard InChI is InChI=1S/C12H15N3O/c1-15(9-6-7-13-8-9)12-14-10-4-2-3-5-11(10)16-12/h2-5,9,13H,6-8H2,1H3/t9-/m1/s1. The van der Waals surface area contributed by atoms with E-state index in [1.54, 1.807) is 0 Å². The summed E-state index contributed by atoms with van der Waals surface area (Å²) in [6, 6.07) is 9.08. The second kappa shape index (κ2) is 3.79. The number of para-hydroxylation sites is 2. The lowest BCUT2D eigenvalue weighted by Gasteiger charge is -2.21. The maximum absolute atomic E-state index is 5.73. The number of anilines is 1. The predicted octanol–water partition coefficient (Wildman–Crippen LogP) is 1.63. The summed E-state index contributed by atoms with van der Waals surface area (Å²) >= 11 is 0. The molecule has 1 aliphatic heterocycles. The van der Waals surface area contributed by atoms with E-state index in [4.69, 9.17) is 4.42 Å². The Morgan fingerprint density at radius 2 is 2.31 bits per heavy atom. The quantitative estimate of drug-likeness (QED) is 0.830. The minimum atomic E-state index is 0.494. The average molecular weight is 217 g/mol. The molecule has 4 nitrogen and oxygen atoms in total. The summed E-state index contributed by atoms with van der Waals surface area (Å²) in [5.74, 6) is 0. The van der Waals surface area contributed by atoms with Gasteiger partial charge >= 0.3 is 0 Å². The molecule has 0 aliphatic carbocycles. The Morgan fingerprint density at radius 3 is 3.06 bits per heavy atom. The van der Waals surface area contributed by atoms with Gasteiger partial charge in [-0.05, 0) is 25.1 Å². The van der Waals surface area contributed by atoms with Crippen molar-refractivity contribution in [3.8, 4) is 0 Å². The summed E-state index contributed by atoms with van der Waals surface area (Å²) in [7, 11) is 2.04. The molecule has 84 valence electrons. The fourth-order valence-electron chi connectivity index (χ4n) is 2.14. The van der Waals surface area contributed by atoms with Crippen LogP contribution in [-0.2, 0) is 0 Å². The van der Waals surface area contributed by atoms with Crippen molar-refractivity contribution in [2.75, 3.05) is 25.0 Å². The Morgan fingerprint density at radius 1 is 1.44 bits per heavy atom. The van der Waals surface area contributed by atoms with Gasteiger partial charge < -0.3 is 14.6 Å². The van der Waals surface area contributed by atoms with E-state index in [0.717, 1.165) is 36.6 Å². The van der Waals surface area contributed by atoms with E-state index < -0.39 is 0 Å². The molecule has 1 aliphatic rings. The minimum absolute atomic E-state index is 0.494. The zero-order valence-corrected chi connectivity index (χ0v) is 9.31. The largest absolute Gasteiger partial charge is 0.423 e. The molecule has 2 heterocycles. The number of nitrogens with one attached hydrogen (secondary N) is 1. The van der Waals surface area contributed by atoms with Gasteiger partial charge in [-0.2, -0.15) is 4.98 Å². The monoisotopic (exact) mass is 217 g/mol. The third-order valence-corrected chi connectivity index (χ3v) is 3.17. The van der Waals surface area contributed by atoms with E-state index >= 15 is 0 Å². The molecule has 0 radical (unpaired) electrons. The molecule has 0 amide bonds. The summed E-state index contributed by atoms with van der Waals surface area (Å²) in [4.78, 5) is 6.61. The van der Waals surface area contributed by atoms with Crippen LogP contribution in [0, 0.1) is 0 Å². The van der Waals surface area contributed by atoms with E-state index in [0.29, 0.717) is 6.04 Å². The Bertz CT molecular complexity index is 455. The average Bonchev–Trinajstić information content (AvgIpc) is 2.97. The molecule has 0 saturated carbocycles. The minimum Gasteiger partial charge on any atom is -0.423 e. The van der Waals surface area contributed by atoms with Gasteiger partial charge in [-0.1, -0.05) is 12.1 Å². The van der Waals surface area contributed by atoms with E-state index in [9.17, 15) is 0 Å². The molecule has 3 rings (SSSR count). The van der Waals surface area contributed by atoms with Crippen molar-refractivity contribution in [2.45, 2.75) is 12.5 Å². The Hall–Kier alpha value is -1.55. The number of likely N-dealkylation sites (N-methyl/N-ethyl adjacent to an activating group) is 1. The number of benzene rings is 1. The van der Waals surface area contributed by atoms with Gasteiger partial charge in [0.25, 0.3) is 6.01 Å². The molecule has 0 unspecified atom stereocenters. The van der Waals surface area contributed by atoms with Crippen LogP contribution < -0.4 is 10.2 Å². The molecule has 0 bridgehead atoms. The van der Waals surface area contributed by atoms with Crippen molar-refractivity contribution >= 4 is 17.1 Å². The van der Waals surface area contributed by atoms with E-state index in [-0.39, 0.29) is 0 Å². The van der Waals surface area contributed by atoms with Crippen molar-refractivity contribution in [1.82, 2.24) is 10.3 Å². The smallest absolute Gasteiger partial charge is 0.298 e. The van der Waals surface area contributed by atoms with Crippen LogP contribution in [0.3, 0.4) is 0 Å². The lowest BCUT2D eigenvalue weighted by Crippen LogP contribution is -2.33. The van der Waals surface area contributed by atoms with Crippen LogP contribution in [0.2, 0.25) is 0 Å². The second-order valence-corrected chi connectivity index (χ2v) is 4.22. The van der Waals surface area contributed by atoms with Gasteiger partial charge in [-0.25, -0.2) is 0 Å². The molecule has 1 saturated heterocycles. The maximum atomic E-state index is 5.73. The number of rotatable bonds is 2. The van der Waals surface area contributed by atoms with Crippen molar-refractivity contribution < 1.29 is 4.42 Å². The van der Waals surface area contributed by atoms with E-state index in [1.165, 1.54) is 0 Å². The molecule has 1 N–H and O–H groups in total. The van der Waals surface area contributed by atoms with Crippen LogP contribution in [-0.4, -0.2) is 31.2 Å². The topological polar surface area (TPSA) is 41.3 Å². The van der Waals surface area contributed by atoms with E-state index in [2.05, 4.69) is 15.2 Å². The van der Waals surface area contributed by atoms with Crippen LogP contribution in [0.15, 0.2) is 28.7 Å². The number of hydrogen-bond acceptors (Lipinski definition) is 4. The predicted molar refractivity (Wildman–Crippen MR) is 63.7 cm³/mol. The molecule has 0 spiro atoms. The van der Waals surface area contributed by atoms with Crippen LogP contribution in [0.1, 0.15) is 6.42 Å². The van der Waals surface area contributed by atoms with Crippen LogP contribution in [0.25, 0.3) is 11.1 Å². The number of fused-ring (bicyclic) bond motifs is 1. The van der Waals surface area contributed by atoms with Gasteiger partial charge in [-0.15, -0.1) is 0 Å². The highest BCUT2D eigenvalue weighted by Crippen LogP contribution is 2.23. The van der Waals surface area contributed by atoms with Crippen molar-refractivity contribution in [2.24, 2.45) is 0 Å². The Balaban J connectivity index is 1.92. The Labute approximate surface area is 94.3 Å². The molecule has 1 aromatic carbocycles. The third-order valence-electron chi connectivity index (χ3n) is 3.17. The van der Waals surface area contributed by atoms with E-state index in [1.807, 2.05) is 31.3 Å². The maximum Gasteiger partial charge on any atom is 0.298 e. The highest BCUT2D eigenvalue weighted by atomic mass is 16.4. The lowest BCUT2D eigenvalue weighted by molar-refractivity contribution is 0.548. The molecule has 1 aromatic heterocycles.